The highest BCUT2D eigenvalue weighted by Crippen LogP contribution is 2.28. The molecule has 0 aliphatic heterocycles. The van der Waals surface area contributed by atoms with E-state index in [1.807, 2.05) is 0 Å². The van der Waals surface area contributed by atoms with Crippen LogP contribution >= 0.6 is 0 Å². The number of aryl methyl sites for hydroxylation is 2. The predicted octanol–water partition coefficient (Wildman–Crippen LogP) is 6.51. The summed E-state index contributed by atoms with van der Waals surface area (Å²) in [7, 11) is 0. The van der Waals surface area contributed by atoms with Crippen LogP contribution in [0.4, 0.5) is 0 Å². The Kier molecular flexibility index (Phi) is 4.91. The van der Waals surface area contributed by atoms with Crippen molar-refractivity contribution in [3.8, 4) is 22.5 Å². The van der Waals surface area contributed by atoms with E-state index in [4.69, 9.17) is 0 Å². The lowest BCUT2D eigenvalue weighted by molar-refractivity contribution is 0.590. The third-order valence-corrected chi connectivity index (χ3v) is 5.52. The number of nitrogens with zero attached hydrogens (tertiary/aromatic N) is 2. The minimum absolute atomic E-state index is 0.162. The van der Waals surface area contributed by atoms with E-state index in [1.165, 1.54) is 22.4 Å². The molecule has 2 heterocycles. The van der Waals surface area contributed by atoms with E-state index in [9.17, 15) is 0 Å². The zero-order chi connectivity index (χ0) is 20.6. The second-order valence-electron chi connectivity index (χ2n) is 8.98. The summed E-state index contributed by atoms with van der Waals surface area (Å²) in [5.74, 6) is 0. The molecule has 3 heteroatoms. The first-order valence-electron chi connectivity index (χ1n) is 10.2. The van der Waals surface area contributed by atoms with Gasteiger partial charge in [0, 0.05) is 24.0 Å². The molecule has 0 atom stereocenters. The minimum Gasteiger partial charge on any atom is -0.347 e. The van der Waals surface area contributed by atoms with Gasteiger partial charge in [-0.25, -0.2) is 0 Å². The summed E-state index contributed by atoms with van der Waals surface area (Å²) < 4.78 is 2.28. The molecule has 2 aromatic heterocycles. The molecule has 0 radical (unpaired) electrons. The molecule has 0 aliphatic carbocycles. The van der Waals surface area contributed by atoms with E-state index in [0.717, 1.165) is 29.1 Å². The predicted molar refractivity (Wildman–Crippen MR) is 121 cm³/mol. The molecule has 0 aliphatic rings. The molecule has 0 spiro atoms. The van der Waals surface area contributed by atoms with Crippen molar-refractivity contribution in [3.05, 3.63) is 89.2 Å². The topological polar surface area (TPSA) is 33.6 Å². The van der Waals surface area contributed by atoms with E-state index < -0.39 is 0 Å². The van der Waals surface area contributed by atoms with Crippen LogP contribution in [-0.2, 0) is 12.0 Å². The Hall–Kier alpha value is -3.07. The average molecular weight is 384 g/mol. The van der Waals surface area contributed by atoms with Crippen LogP contribution in [0, 0.1) is 13.8 Å². The standard InChI is InChI=1S/C26H29N3/c1-18-6-8-20(9-7-18)16-29-17-22(14-19(29)2)25-15-24(27-28-25)21-10-12-23(13-11-21)26(3,4)5/h6-15,17H,16H2,1-5H3,(H,27,28). The average Bonchev–Trinajstić information content (AvgIpc) is 3.30. The highest BCUT2D eigenvalue weighted by Gasteiger charge is 2.14. The van der Waals surface area contributed by atoms with Crippen LogP contribution in [0.5, 0.6) is 0 Å². The number of aromatic amines is 1. The summed E-state index contributed by atoms with van der Waals surface area (Å²) >= 11 is 0. The van der Waals surface area contributed by atoms with Gasteiger partial charge < -0.3 is 4.57 Å². The molecular weight excluding hydrogens is 354 g/mol. The van der Waals surface area contributed by atoms with Gasteiger partial charge in [-0.1, -0.05) is 74.9 Å². The van der Waals surface area contributed by atoms with Gasteiger partial charge in [0.1, 0.15) is 0 Å². The van der Waals surface area contributed by atoms with Gasteiger partial charge in [-0.2, -0.15) is 5.10 Å². The van der Waals surface area contributed by atoms with E-state index in [1.54, 1.807) is 0 Å². The normalized spacial score (nSPS) is 11.8. The van der Waals surface area contributed by atoms with Crippen molar-refractivity contribution in [2.45, 2.75) is 46.6 Å². The number of benzene rings is 2. The molecule has 0 saturated heterocycles. The molecule has 4 aromatic rings. The Balaban J connectivity index is 1.56. The molecule has 0 unspecified atom stereocenters. The first kappa shape index (κ1) is 19.3. The highest BCUT2D eigenvalue weighted by atomic mass is 15.1. The van der Waals surface area contributed by atoms with Gasteiger partial charge >= 0.3 is 0 Å². The number of nitrogens with one attached hydrogen (secondary N) is 1. The highest BCUT2D eigenvalue weighted by molar-refractivity contribution is 5.68. The van der Waals surface area contributed by atoms with Crippen LogP contribution in [0.25, 0.3) is 22.5 Å². The maximum Gasteiger partial charge on any atom is 0.0942 e. The fraction of sp³-hybridized carbons (Fsp3) is 0.269. The van der Waals surface area contributed by atoms with Crippen molar-refractivity contribution in [3.63, 3.8) is 0 Å². The van der Waals surface area contributed by atoms with E-state index in [0.29, 0.717) is 0 Å². The Morgan fingerprint density at radius 1 is 0.862 bits per heavy atom. The van der Waals surface area contributed by atoms with Crippen LogP contribution in [0.3, 0.4) is 0 Å². The van der Waals surface area contributed by atoms with Crippen LogP contribution in [0.1, 0.15) is 43.2 Å². The van der Waals surface area contributed by atoms with Crippen molar-refractivity contribution in [2.24, 2.45) is 0 Å². The largest absolute Gasteiger partial charge is 0.347 e. The third-order valence-electron chi connectivity index (χ3n) is 5.52. The van der Waals surface area contributed by atoms with Gasteiger partial charge in [0.25, 0.3) is 0 Å². The van der Waals surface area contributed by atoms with Crippen molar-refractivity contribution >= 4 is 0 Å². The summed E-state index contributed by atoms with van der Waals surface area (Å²) in [5.41, 5.74) is 9.66. The lowest BCUT2D eigenvalue weighted by atomic mass is 9.86. The fourth-order valence-corrected chi connectivity index (χ4v) is 3.58. The first-order valence-corrected chi connectivity index (χ1v) is 10.2. The summed E-state index contributed by atoms with van der Waals surface area (Å²) in [6.07, 6.45) is 2.19. The molecule has 148 valence electrons. The number of aromatic nitrogens is 3. The Labute approximate surface area is 173 Å². The van der Waals surface area contributed by atoms with Gasteiger partial charge in [-0.15, -0.1) is 0 Å². The van der Waals surface area contributed by atoms with E-state index in [-0.39, 0.29) is 5.41 Å². The summed E-state index contributed by atoms with van der Waals surface area (Å²) in [5, 5.41) is 7.77. The SMILES string of the molecule is Cc1ccc(Cn2cc(-c3cc(-c4ccc(C(C)(C)C)cc4)[nH]n3)cc2C)cc1. The smallest absolute Gasteiger partial charge is 0.0942 e. The summed E-state index contributed by atoms with van der Waals surface area (Å²) in [6.45, 7) is 11.8. The molecule has 0 bridgehead atoms. The van der Waals surface area contributed by atoms with Crippen LogP contribution in [-0.4, -0.2) is 14.8 Å². The Morgan fingerprint density at radius 3 is 2.21 bits per heavy atom. The van der Waals surface area contributed by atoms with Crippen molar-refractivity contribution in [1.29, 1.82) is 0 Å². The summed E-state index contributed by atoms with van der Waals surface area (Å²) in [4.78, 5) is 0. The first-order chi connectivity index (χ1) is 13.8. The third kappa shape index (κ3) is 4.19. The molecule has 0 amide bonds. The monoisotopic (exact) mass is 383 g/mol. The molecule has 4 rings (SSSR count). The van der Waals surface area contributed by atoms with Crippen molar-refractivity contribution < 1.29 is 0 Å². The quantitative estimate of drug-likeness (QED) is 0.428. The Bertz CT molecular complexity index is 1100. The molecule has 3 nitrogen and oxygen atoms in total. The molecular formula is C26H29N3. The molecule has 1 N–H and O–H groups in total. The van der Waals surface area contributed by atoms with Crippen molar-refractivity contribution in [1.82, 2.24) is 14.8 Å². The Morgan fingerprint density at radius 2 is 1.55 bits per heavy atom. The van der Waals surface area contributed by atoms with Gasteiger partial charge in [0.05, 0.1) is 11.4 Å². The second kappa shape index (κ2) is 7.40. The number of hydrogen-bond donors (Lipinski definition) is 1. The number of rotatable bonds is 4. The molecule has 29 heavy (non-hydrogen) atoms. The maximum absolute atomic E-state index is 4.57. The minimum atomic E-state index is 0.162. The van der Waals surface area contributed by atoms with Crippen LogP contribution < -0.4 is 0 Å². The second-order valence-corrected chi connectivity index (χ2v) is 8.98. The van der Waals surface area contributed by atoms with Gasteiger partial charge in [0.2, 0.25) is 0 Å². The van der Waals surface area contributed by atoms with Crippen LogP contribution in [0.2, 0.25) is 0 Å². The van der Waals surface area contributed by atoms with Gasteiger partial charge in [-0.05, 0) is 48.1 Å². The van der Waals surface area contributed by atoms with Crippen molar-refractivity contribution in [2.75, 3.05) is 0 Å². The molecule has 2 aromatic carbocycles. The number of hydrogen-bond acceptors (Lipinski definition) is 1. The molecule has 0 saturated carbocycles. The zero-order valence-electron chi connectivity index (χ0n) is 18.0. The van der Waals surface area contributed by atoms with Crippen LogP contribution in [0.15, 0.2) is 66.9 Å². The maximum atomic E-state index is 4.57. The van der Waals surface area contributed by atoms with Gasteiger partial charge in [0.15, 0.2) is 0 Å². The van der Waals surface area contributed by atoms with E-state index >= 15 is 0 Å². The lowest BCUT2D eigenvalue weighted by Crippen LogP contribution is -2.10. The van der Waals surface area contributed by atoms with Gasteiger partial charge in [-0.3, -0.25) is 5.10 Å². The van der Waals surface area contributed by atoms with E-state index in [2.05, 4.69) is 116 Å². The zero-order valence-corrected chi connectivity index (χ0v) is 18.0. The summed E-state index contributed by atoms with van der Waals surface area (Å²) in [6, 6.07) is 21.8. The fourth-order valence-electron chi connectivity index (χ4n) is 3.58. The number of H-pyrrole nitrogens is 1. The lowest BCUT2D eigenvalue weighted by Gasteiger charge is -2.18. The molecule has 0 fully saturated rings.